The number of nitrogens with one attached hydrogen (secondary N) is 3. The number of hydrogen-bond acceptors (Lipinski definition) is 3. The van der Waals surface area contributed by atoms with Gasteiger partial charge < -0.3 is 21.7 Å². The molecular weight excluding hydrogens is 184 g/mol. The molecule has 0 saturated heterocycles. The molecule has 82 valence electrons. The highest BCUT2D eigenvalue weighted by molar-refractivity contribution is 5.77. The van der Waals surface area contributed by atoms with Gasteiger partial charge in [0.05, 0.1) is 6.54 Å². The predicted molar refractivity (Wildman–Crippen MR) is 53.8 cm³/mol. The van der Waals surface area contributed by atoms with E-state index in [-0.39, 0.29) is 5.91 Å². The monoisotopic (exact) mass is 202 g/mol. The molecule has 0 aromatic carbocycles. The molecule has 3 amide bonds. The number of amides is 3. The van der Waals surface area contributed by atoms with E-state index in [1.54, 1.807) is 7.05 Å². The molecule has 0 fully saturated rings. The molecule has 5 N–H and O–H groups in total. The van der Waals surface area contributed by atoms with E-state index in [9.17, 15) is 9.59 Å². The van der Waals surface area contributed by atoms with Crippen LogP contribution < -0.4 is 21.7 Å². The standard InChI is InChI=1S/C8H18N4O2/c1-10-6-7(13)11-4-2-3-5-12-8(9)14/h10H,2-6H2,1H3,(H,11,13)(H3,9,12,14). The fourth-order valence-corrected chi connectivity index (χ4v) is 0.912. The van der Waals surface area contributed by atoms with E-state index >= 15 is 0 Å². The summed E-state index contributed by atoms with van der Waals surface area (Å²) in [4.78, 5) is 21.2. The highest BCUT2D eigenvalue weighted by atomic mass is 16.2. The van der Waals surface area contributed by atoms with Crippen LogP contribution in [0.4, 0.5) is 4.79 Å². The third kappa shape index (κ3) is 8.79. The maximum absolute atomic E-state index is 10.9. The van der Waals surface area contributed by atoms with Crippen molar-refractivity contribution in [1.82, 2.24) is 16.0 Å². The Morgan fingerprint density at radius 1 is 1.14 bits per heavy atom. The number of urea groups is 1. The molecule has 0 aliphatic heterocycles. The summed E-state index contributed by atoms with van der Waals surface area (Å²) in [5.74, 6) is -0.0182. The van der Waals surface area contributed by atoms with Crippen LogP contribution in [0.25, 0.3) is 0 Å². The number of hydrogen-bond donors (Lipinski definition) is 4. The number of primary amides is 1. The number of likely N-dealkylation sites (N-methyl/N-ethyl adjacent to an activating group) is 1. The molecule has 0 aliphatic carbocycles. The summed E-state index contributed by atoms with van der Waals surface area (Å²) in [5.41, 5.74) is 4.87. The van der Waals surface area contributed by atoms with Gasteiger partial charge in [-0.2, -0.15) is 0 Å². The highest BCUT2D eigenvalue weighted by Crippen LogP contribution is 1.83. The molecule has 6 heteroatoms. The molecule has 6 nitrogen and oxygen atoms in total. The molecule has 0 unspecified atom stereocenters. The smallest absolute Gasteiger partial charge is 0.312 e. The van der Waals surface area contributed by atoms with Gasteiger partial charge in [-0.05, 0) is 19.9 Å². The first-order chi connectivity index (χ1) is 6.66. The van der Waals surface area contributed by atoms with Crippen molar-refractivity contribution >= 4 is 11.9 Å². The van der Waals surface area contributed by atoms with Crippen molar-refractivity contribution in [3.8, 4) is 0 Å². The highest BCUT2D eigenvalue weighted by Gasteiger charge is 1.97. The Bertz CT molecular complexity index is 184. The number of nitrogens with two attached hydrogens (primary N) is 1. The SMILES string of the molecule is CNCC(=O)NCCCCNC(N)=O. The normalized spacial score (nSPS) is 9.50. The molecule has 0 aliphatic rings. The van der Waals surface area contributed by atoms with E-state index in [0.717, 1.165) is 12.8 Å². The van der Waals surface area contributed by atoms with Crippen LogP contribution in [0.5, 0.6) is 0 Å². The molecule has 0 radical (unpaired) electrons. The molecule has 0 aromatic rings. The van der Waals surface area contributed by atoms with Crippen molar-refractivity contribution in [2.75, 3.05) is 26.7 Å². The summed E-state index contributed by atoms with van der Waals surface area (Å²) in [6.07, 6.45) is 1.64. The van der Waals surface area contributed by atoms with Crippen LogP contribution in [0, 0.1) is 0 Å². The van der Waals surface area contributed by atoms with Crippen molar-refractivity contribution < 1.29 is 9.59 Å². The van der Waals surface area contributed by atoms with Gasteiger partial charge in [0.15, 0.2) is 0 Å². The Morgan fingerprint density at radius 2 is 1.71 bits per heavy atom. The van der Waals surface area contributed by atoms with E-state index in [2.05, 4.69) is 16.0 Å². The lowest BCUT2D eigenvalue weighted by Gasteiger charge is -2.04. The number of carbonyl (C=O) groups is 2. The Balaban J connectivity index is 3.13. The Hall–Kier alpha value is -1.30. The lowest BCUT2D eigenvalue weighted by atomic mass is 10.3. The van der Waals surface area contributed by atoms with Crippen LogP contribution in [0.15, 0.2) is 0 Å². The maximum Gasteiger partial charge on any atom is 0.312 e. The fraction of sp³-hybridized carbons (Fsp3) is 0.750. The molecule has 0 spiro atoms. The second-order valence-electron chi connectivity index (χ2n) is 2.88. The summed E-state index contributed by atoms with van der Waals surface area (Å²) in [7, 11) is 1.72. The average Bonchev–Trinajstić information content (AvgIpc) is 2.11. The van der Waals surface area contributed by atoms with Crippen molar-refractivity contribution in [2.24, 2.45) is 5.73 Å². The van der Waals surface area contributed by atoms with E-state index in [1.165, 1.54) is 0 Å². The van der Waals surface area contributed by atoms with Gasteiger partial charge in [0, 0.05) is 13.1 Å². The molecule has 0 bridgehead atoms. The molecule has 14 heavy (non-hydrogen) atoms. The summed E-state index contributed by atoms with van der Waals surface area (Å²) in [6.45, 7) is 1.51. The van der Waals surface area contributed by atoms with Crippen molar-refractivity contribution in [3.63, 3.8) is 0 Å². The topological polar surface area (TPSA) is 96.2 Å². The Labute approximate surface area is 83.6 Å². The summed E-state index contributed by atoms with van der Waals surface area (Å²) in [6, 6.07) is -0.510. The van der Waals surface area contributed by atoms with E-state index in [1.807, 2.05) is 0 Å². The van der Waals surface area contributed by atoms with E-state index < -0.39 is 6.03 Å². The van der Waals surface area contributed by atoms with Gasteiger partial charge in [-0.1, -0.05) is 0 Å². The molecule has 0 rings (SSSR count). The van der Waals surface area contributed by atoms with Crippen molar-refractivity contribution in [3.05, 3.63) is 0 Å². The lowest BCUT2D eigenvalue weighted by molar-refractivity contribution is -0.120. The van der Waals surface area contributed by atoms with Crippen LogP contribution >= 0.6 is 0 Å². The molecule has 0 aromatic heterocycles. The molecule has 0 atom stereocenters. The van der Waals surface area contributed by atoms with Crippen LogP contribution in [0.1, 0.15) is 12.8 Å². The first-order valence-corrected chi connectivity index (χ1v) is 4.61. The third-order valence-corrected chi connectivity index (χ3v) is 1.56. The quantitative estimate of drug-likeness (QED) is 0.389. The number of rotatable bonds is 7. The van der Waals surface area contributed by atoms with E-state index in [4.69, 9.17) is 5.73 Å². The van der Waals surface area contributed by atoms with Gasteiger partial charge in [0.1, 0.15) is 0 Å². The van der Waals surface area contributed by atoms with Gasteiger partial charge in [-0.15, -0.1) is 0 Å². The second-order valence-corrected chi connectivity index (χ2v) is 2.88. The van der Waals surface area contributed by atoms with Gasteiger partial charge in [0.25, 0.3) is 0 Å². The van der Waals surface area contributed by atoms with Gasteiger partial charge >= 0.3 is 6.03 Å². The predicted octanol–water partition coefficient (Wildman–Crippen LogP) is -1.23. The third-order valence-electron chi connectivity index (χ3n) is 1.56. The van der Waals surface area contributed by atoms with Crippen LogP contribution in [0.2, 0.25) is 0 Å². The Morgan fingerprint density at radius 3 is 2.21 bits per heavy atom. The molecule has 0 heterocycles. The number of unbranched alkanes of at least 4 members (excludes halogenated alkanes) is 1. The average molecular weight is 202 g/mol. The zero-order valence-corrected chi connectivity index (χ0v) is 8.43. The van der Waals surface area contributed by atoms with Gasteiger partial charge in [-0.25, -0.2) is 4.79 Å². The van der Waals surface area contributed by atoms with E-state index in [0.29, 0.717) is 19.6 Å². The summed E-state index contributed by atoms with van der Waals surface area (Å²) >= 11 is 0. The zero-order chi connectivity index (χ0) is 10.8. The minimum absolute atomic E-state index is 0.0182. The van der Waals surface area contributed by atoms with Crippen LogP contribution in [-0.2, 0) is 4.79 Å². The lowest BCUT2D eigenvalue weighted by Crippen LogP contribution is -2.33. The van der Waals surface area contributed by atoms with Crippen molar-refractivity contribution in [1.29, 1.82) is 0 Å². The fourth-order valence-electron chi connectivity index (χ4n) is 0.912. The molecular formula is C8H18N4O2. The van der Waals surface area contributed by atoms with Crippen LogP contribution in [-0.4, -0.2) is 38.6 Å². The largest absolute Gasteiger partial charge is 0.355 e. The van der Waals surface area contributed by atoms with Gasteiger partial charge in [0.2, 0.25) is 5.91 Å². The van der Waals surface area contributed by atoms with Crippen LogP contribution in [0.3, 0.4) is 0 Å². The summed E-state index contributed by atoms with van der Waals surface area (Å²) in [5, 5.41) is 7.95. The van der Waals surface area contributed by atoms with Crippen molar-refractivity contribution in [2.45, 2.75) is 12.8 Å². The number of carbonyl (C=O) groups excluding carboxylic acids is 2. The van der Waals surface area contributed by atoms with Gasteiger partial charge in [-0.3, -0.25) is 4.79 Å². The molecule has 0 saturated carbocycles. The first kappa shape index (κ1) is 12.7. The summed E-state index contributed by atoms with van der Waals surface area (Å²) < 4.78 is 0. The minimum atomic E-state index is -0.510. The first-order valence-electron chi connectivity index (χ1n) is 4.61. The maximum atomic E-state index is 10.9. The Kier molecular flexibility index (Phi) is 7.53. The zero-order valence-electron chi connectivity index (χ0n) is 8.43. The second kappa shape index (κ2) is 8.31. The minimum Gasteiger partial charge on any atom is -0.355 e.